The molecule has 0 nitrogen and oxygen atoms in total. The highest BCUT2D eigenvalue weighted by atomic mass is 127. The van der Waals surface area contributed by atoms with E-state index in [-0.39, 0.29) is 0 Å². The molecule has 0 saturated carbocycles. The van der Waals surface area contributed by atoms with Gasteiger partial charge in [0.1, 0.15) is 0 Å². The number of hydrogen-bond acceptors (Lipinski definition) is 0. The third kappa shape index (κ3) is 2.03. The first-order valence-corrected chi connectivity index (χ1v) is 7.08. The maximum Gasteiger partial charge on any atom is 0.0130 e. The van der Waals surface area contributed by atoms with Gasteiger partial charge in [-0.25, -0.2) is 0 Å². The van der Waals surface area contributed by atoms with Gasteiger partial charge in [-0.3, -0.25) is 0 Å². The molecule has 18 heavy (non-hydrogen) atoms. The largest absolute Gasteiger partial charge is 0.0616 e. The zero-order valence-corrected chi connectivity index (χ0v) is 12.3. The van der Waals surface area contributed by atoms with Crippen LogP contribution >= 0.6 is 22.6 Å². The van der Waals surface area contributed by atoms with Gasteiger partial charge >= 0.3 is 0 Å². The molecule has 0 radical (unpaired) electrons. The lowest BCUT2D eigenvalue weighted by atomic mass is 9.96. The number of fused-ring (bicyclic) bond motifs is 1. The van der Waals surface area contributed by atoms with E-state index in [0.29, 0.717) is 0 Å². The van der Waals surface area contributed by atoms with Crippen molar-refractivity contribution in [3.05, 3.63) is 69.8 Å². The summed E-state index contributed by atoms with van der Waals surface area (Å²) in [6, 6.07) is 21.7. The first-order valence-electron chi connectivity index (χ1n) is 6.00. The van der Waals surface area contributed by atoms with E-state index in [1.54, 1.807) is 0 Å². The molecule has 0 saturated heterocycles. The van der Waals surface area contributed by atoms with Gasteiger partial charge in [-0.05, 0) is 69.1 Å². The monoisotopic (exact) mass is 344 g/mol. The molecule has 3 rings (SSSR count). The molecule has 0 aliphatic carbocycles. The third-order valence-corrected chi connectivity index (χ3v) is 4.02. The molecule has 0 aliphatic rings. The molecule has 3 aromatic rings. The van der Waals surface area contributed by atoms with Gasteiger partial charge < -0.3 is 0 Å². The maximum atomic E-state index is 2.34. The van der Waals surface area contributed by atoms with Crippen LogP contribution in [-0.2, 0) is 0 Å². The molecular formula is C17H13I. The van der Waals surface area contributed by atoms with E-state index in [4.69, 9.17) is 0 Å². The van der Waals surface area contributed by atoms with E-state index in [1.165, 1.54) is 31.0 Å². The van der Waals surface area contributed by atoms with Crippen LogP contribution < -0.4 is 0 Å². The summed E-state index contributed by atoms with van der Waals surface area (Å²) in [4.78, 5) is 0. The molecule has 0 amide bonds. The summed E-state index contributed by atoms with van der Waals surface area (Å²) in [5.41, 5.74) is 3.93. The Morgan fingerprint density at radius 1 is 0.722 bits per heavy atom. The molecule has 1 heteroatoms. The molecule has 0 spiro atoms. The van der Waals surface area contributed by atoms with Gasteiger partial charge in [0.05, 0.1) is 0 Å². The average molecular weight is 344 g/mol. The van der Waals surface area contributed by atoms with E-state index in [1.807, 2.05) is 0 Å². The molecule has 0 bridgehead atoms. The van der Waals surface area contributed by atoms with Crippen molar-refractivity contribution in [1.82, 2.24) is 0 Å². The topological polar surface area (TPSA) is 0 Å². The lowest BCUT2D eigenvalue weighted by Crippen LogP contribution is -1.84. The fourth-order valence-corrected chi connectivity index (χ4v) is 2.69. The van der Waals surface area contributed by atoms with Crippen LogP contribution in [0, 0.1) is 10.5 Å². The lowest BCUT2D eigenvalue weighted by molar-refractivity contribution is 1.52. The summed E-state index contributed by atoms with van der Waals surface area (Å²) in [5.74, 6) is 0. The van der Waals surface area contributed by atoms with Gasteiger partial charge in [-0.1, -0.05) is 48.5 Å². The Kier molecular flexibility index (Phi) is 3.08. The standard InChI is InChI=1S/C17H13I/c1-12-6-11-16(13-7-9-14(18)10-8-13)17-5-3-2-4-15(12)17/h2-11H,1H3. The van der Waals surface area contributed by atoms with Crippen molar-refractivity contribution in [3.8, 4) is 11.1 Å². The van der Waals surface area contributed by atoms with E-state index >= 15 is 0 Å². The Morgan fingerprint density at radius 3 is 2.11 bits per heavy atom. The average Bonchev–Trinajstić information content (AvgIpc) is 2.41. The number of aryl methyl sites for hydroxylation is 1. The van der Waals surface area contributed by atoms with Crippen molar-refractivity contribution in [3.63, 3.8) is 0 Å². The highest BCUT2D eigenvalue weighted by Crippen LogP contribution is 2.30. The normalized spacial score (nSPS) is 10.8. The fraction of sp³-hybridized carbons (Fsp3) is 0.0588. The van der Waals surface area contributed by atoms with Crippen molar-refractivity contribution < 1.29 is 0 Å². The second-order valence-corrected chi connectivity index (χ2v) is 5.73. The molecule has 0 aromatic heterocycles. The van der Waals surface area contributed by atoms with Gasteiger partial charge in [0, 0.05) is 3.57 Å². The maximum absolute atomic E-state index is 2.34. The predicted octanol–water partition coefficient (Wildman–Crippen LogP) is 5.42. The van der Waals surface area contributed by atoms with E-state index < -0.39 is 0 Å². The molecule has 0 heterocycles. The van der Waals surface area contributed by atoms with Crippen LogP contribution in [0.3, 0.4) is 0 Å². The second-order valence-electron chi connectivity index (χ2n) is 4.48. The summed E-state index contributed by atoms with van der Waals surface area (Å²) in [7, 11) is 0. The van der Waals surface area contributed by atoms with Gasteiger partial charge in [-0.15, -0.1) is 0 Å². The van der Waals surface area contributed by atoms with Crippen molar-refractivity contribution in [2.75, 3.05) is 0 Å². The highest BCUT2D eigenvalue weighted by Gasteiger charge is 2.04. The molecule has 0 unspecified atom stereocenters. The Bertz CT molecular complexity index is 696. The van der Waals surface area contributed by atoms with Crippen LogP contribution in [0.25, 0.3) is 21.9 Å². The smallest absolute Gasteiger partial charge is 0.0130 e. The van der Waals surface area contributed by atoms with Crippen LogP contribution in [0.15, 0.2) is 60.7 Å². The first kappa shape index (κ1) is 11.7. The molecule has 0 fully saturated rings. The van der Waals surface area contributed by atoms with Crippen molar-refractivity contribution in [2.45, 2.75) is 6.92 Å². The zero-order chi connectivity index (χ0) is 12.5. The Labute approximate surface area is 121 Å². The molecule has 0 N–H and O–H groups in total. The van der Waals surface area contributed by atoms with Crippen LogP contribution in [-0.4, -0.2) is 0 Å². The summed E-state index contributed by atoms with van der Waals surface area (Å²) in [6.07, 6.45) is 0. The molecule has 0 atom stereocenters. The molecular weight excluding hydrogens is 331 g/mol. The SMILES string of the molecule is Cc1ccc(-c2ccc(I)cc2)c2ccccc12. The Hall–Kier alpha value is -1.35. The molecule has 0 aliphatic heterocycles. The van der Waals surface area contributed by atoms with Crippen LogP contribution in [0.1, 0.15) is 5.56 Å². The Morgan fingerprint density at radius 2 is 1.39 bits per heavy atom. The summed E-state index contributed by atoms with van der Waals surface area (Å²) < 4.78 is 1.27. The fourth-order valence-electron chi connectivity index (χ4n) is 2.33. The minimum atomic E-state index is 1.27. The summed E-state index contributed by atoms with van der Waals surface area (Å²) in [6.45, 7) is 2.17. The zero-order valence-electron chi connectivity index (χ0n) is 10.2. The highest BCUT2D eigenvalue weighted by molar-refractivity contribution is 14.1. The van der Waals surface area contributed by atoms with Crippen molar-refractivity contribution in [1.29, 1.82) is 0 Å². The summed E-state index contributed by atoms with van der Waals surface area (Å²) in [5, 5.41) is 2.67. The molecule has 3 aromatic carbocycles. The second kappa shape index (κ2) is 4.73. The predicted molar refractivity (Wildman–Crippen MR) is 86.8 cm³/mol. The number of hydrogen-bond donors (Lipinski definition) is 0. The number of halogens is 1. The number of rotatable bonds is 1. The van der Waals surface area contributed by atoms with Gasteiger partial charge in [0.15, 0.2) is 0 Å². The van der Waals surface area contributed by atoms with E-state index in [2.05, 4.69) is 90.2 Å². The number of benzene rings is 3. The quantitative estimate of drug-likeness (QED) is 0.517. The van der Waals surface area contributed by atoms with Crippen LogP contribution in [0.4, 0.5) is 0 Å². The van der Waals surface area contributed by atoms with Crippen molar-refractivity contribution in [2.24, 2.45) is 0 Å². The van der Waals surface area contributed by atoms with E-state index in [9.17, 15) is 0 Å². The lowest BCUT2D eigenvalue weighted by Gasteiger charge is -2.09. The van der Waals surface area contributed by atoms with Crippen molar-refractivity contribution >= 4 is 33.4 Å². The summed E-state index contributed by atoms with van der Waals surface area (Å²) >= 11 is 2.34. The van der Waals surface area contributed by atoms with Crippen LogP contribution in [0.2, 0.25) is 0 Å². The minimum Gasteiger partial charge on any atom is -0.0616 e. The Balaban J connectivity index is 2.30. The van der Waals surface area contributed by atoms with Crippen LogP contribution in [0.5, 0.6) is 0 Å². The molecule has 88 valence electrons. The minimum absolute atomic E-state index is 1.27. The third-order valence-electron chi connectivity index (χ3n) is 3.30. The van der Waals surface area contributed by atoms with Gasteiger partial charge in [0.25, 0.3) is 0 Å². The van der Waals surface area contributed by atoms with E-state index in [0.717, 1.165) is 0 Å². The first-order chi connectivity index (χ1) is 8.75. The van der Waals surface area contributed by atoms with Gasteiger partial charge in [-0.2, -0.15) is 0 Å². The van der Waals surface area contributed by atoms with Gasteiger partial charge in [0.2, 0.25) is 0 Å².